The van der Waals surface area contributed by atoms with Crippen LogP contribution in [0.4, 0.5) is 4.79 Å². The number of rotatable bonds is 7. The molecule has 0 aromatic carbocycles. The second-order valence-electron chi connectivity index (χ2n) is 4.19. The maximum Gasteiger partial charge on any atom is 0.321 e. The van der Waals surface area contributed by atoms with Crippen molar-refractivity contribution in [3.63, 3.8) is 0 Å². The molecule has 1 heterocycles. The summed E-state index contributed by atoms with van der Waals surface area (Å²) < 4.78 is 0. The molecule has 0 fully saturated rings. The number of nitrogens with one attached hydrogen (secondary N) is 2. The number of hydrogen-bond acceptors (Lipinski definition) is 4. The average Bonchev–Trinajstić information content (AvgIpc) is 2.42. The summed E-state index contributed by atoms with van der Waals surface area (Å²) in [4.78, 5) is 37.0. The molecule has 108 valence electrons. The number of urea groups is 1. The van der Waals surface area contributed by atoms with Crippen molar-refractivity contribution in [1.82, 2.24) is 15.6 Å². The zero-order valence-electron chi connectivity index (χ0n) is 11.0. The molecule has 0 atom stereocenters. The first-order chi connectivity index (χ1) is 9.58. The van der Waals surface area contributed by atoms with Crippen LogP contribution in [0.2, 0.25) is 0 Å². The number of carboxylic acid groups (broad SMARTS) is 1. The monoisotopic (exact) mass is 279 g/mol. The van der Waals surface area contributed by atoms with Gasteiger partial charge >= 0.3 is 12.0 Å². The van der Waals surface area contributed by atoms with Crippen LogP contribution in [0.15, 0.2) is 24.5 Å². The molecule has 3 amide bonds. The van der Waals surface area contributed by atoms with Crippen molar-refractivity contribution < 1.29 is 19.5 Å². The first-order valence-electron chi connectivity index (χ1n) is 6.26. The Labute approximate surface area is 116 Å². The summed E-state index contributed by atoms with van der Waals surface area (Å²) in [5, 5.41) is 13.1. The van der Waals surface area contributed by atoms with E-state index in [2.05, 4.69) is 15.6 Å². The third kappa shape index (κ3) is 7.10. The molecule has 0 saturated carbocycles. The smallest absolute Gasteiger partial charge is 0.321 e. The summed E-state index contributed by atoms with van der Waals surface area (Å²) in [5.41, 5.74) is 0.830. The molecule has 3 N–H and O–H groups in total. The quantitative estimate of drug-likeness (QED) is 0.646. The molecule has 7 nitrogen and oxygen atoms in total. The Morgan fingerprint density at radius 1 is 1.20 bits per heavy atom. The van der Waals surface area contributed by atoms with Gasteiger partial charge in [0.05, 0.1) is 0 Å². The van der Waals surface area contributed by atoms with E-state index >= 15 is 0 Å². The van der Waals surface area contributed by atoms with Gasteiger partial charge in [-0.05, 0) is 24.5 Å². The second kappa shape index (κ2) is 8.63. The Kier molecular flexibility index (Phi) is 6.74. The molecule has 0 saturated heterocycles. The summed E-state index contributed by atoms with van der Waals surface area (Å²) in [6, 6.07) is 2.99. The number of carbonyl (C=O) groups excluding carboxylic acids is 2. The summed E-state index contributed by atoms with van der Waals surface area (Å²) in [6.07, 6.45) is 4.26. The molecule has 0 unspecified atom stereocenters. The predicted octanol–water partition coefficient (Wildman–Crippen LogP) is 1.05. The van der Waals surface area contributed by atoms with E-state index in [1.807, 2.05) is 0 Å². The Bertz CT molecular complexity index is 462. The number of amides is 3. The van der Waals surface area contributed by atoms with Crippen LogP contribution in [0.5, 0.6) is 0 Å². The first-order valence-corrected chi connectivity index (χ1v) is 6.26. The third-order valence-electron chi connectivity index (χ3n) is 2.47. The van der Waals surface area contributed by atoms with E-state index in [1.165, 1.54) is 0 Å². The largest absolute Gasteiger partial charge is 0.481 e. The fourth-order valence-corrected chi connectivity index (χ4v) is 1.48. The van der Waals surface area contributed by atoms with Gasteiger partial charge in [-0.15, -0.1) is 0 Å². The molecule has 1 aromatic heterocycles. The van der Waals surface area contributed by atoms with Gasteiger partial charge in [0.15, 0.2) is 0 Å². The molecular weight excluding hydrogens is 262 g/mol. The van der Waals surface area contributed by atoms with Gasteiger partial charge in [0, 0.05) is 31.8 Å². The highest BCUT2D eigenvalue weighted by atomic mass is 16.4. The summed E-state index contributed by atoms with van der Waals surface area (Å²) in [5.74, 6) is -1.31. The Morgan fingerprint density at radius 2 is 1.95 bits per heavy atom. The number of aromatic nitrogens is 1. The van der Waals surface area contributed by atoms with E-state index in [1.54, 1.807) is 24.5 Å². The Morgan fingerprint density at radius 3 is 2.60 bits per heavy atom. The fraction of sp³-hybridized carbons (Fsp3) is 0.385. The van der Waals surface area contributed by atoms with Crippen LogP contribution >= 0.6 is 0 Å². The van der Waals surface area contributed by atoms with E-state index in [4.69, 9.17) is 5.11 Å². The summed E-state index contributed by atoms with van der Waals surface area (Å²) in [6.45, 7) is 0.284. The minimum Gasteiger partial charge on any atom is -0.481 e. The van der Waals surface area contributed by atoms with Crippen molar-refractivity contribution in [1.29, 1.82) is 0 Å². The van der Waals surface area contributed by atoms with Crippen molar-refractivity contribution in [2.75, 3.05) is 0 Å². The van der Waals surface area contributed by atoms with Crippen molar-refractivity contribution >= 4 is 17.9 Å². The lowest BCUT2D eigenvalue weighted by molar-refractivity contribution is -0.137. The molecule has 20 heavy (non-hydrogen) atoms. The molecule has 0 spiro atoms. The highest BCUT2D eigenvalue weighted by Crippen LogP contribution is 1.99. The van der Waals surface area contributed by atoms with Gasteiger partial charge in [0.25, 0.3) is 0 Å². The van der Waals surface area contributed by atoms with Crippen LogP contribution < -0.4 is 10.6 Å². The number of unbranched alkanes of at least 4 members (excludes halogenated alkanes) is 1. The van der Waals surface area contributed by atoms with Crippen LogP contribution in [-0.2, 0) is 16.1 Å². The SMILES string of the molecule is O=C(O)CCCCC(=O)NC(=O)NCc1cccnc1. The molecular formula is C13H17N3O4. The minimum absolute atomic E-state index is 0.0283. The summed E-state index contributed by atoms with van der Waals surface area (Å²) >= 11 is 0. The van der Waals surface area contributed by atoms with Crippen molar-refractivity contribution in [3.05, 3.63) is 30.1 Å². The number of hydrogen-bond donors (Lipinski definition) is 3. The van der Waals surface area contributed by atoms with Gasteiger partial charge in [0.1, 0.15) is 0 Å². The van der Waals surface area contributed by atoms with E-state index in [-0.39, 0.29) is 19.4 Å². The number of carbonyl (C=O) groups is 3. The topological polar surface area (TPSA) is 108 Å². The van der Waals surface area contributed by atoms with Crippen LogP contribution in [0, 0.1) is 0 Å². The molecule has 1 rings (SSSR count). The van der Waals surface area contributed by atoms with E-state index in [0.29, 0.717) is 12.8 Å². The third-order valence-corrected chi connectivity index (χ3v) is 2.47. The maximum absolute atomic E-state index is 11.4. The standard InChI is InChI=1S/C13H17N3O4/c17-11(5-1-2-6-12(18)19)16-13(20)15-9-10-4-3-7-14-8-10/h3-4,7-8H,1-2,5-6,9H2,(H,18,19)(H2,15,16,17,20). The number of aliphatic carboxylic acids is 1. The van der Waals surface area contributed by atoms with E-state index in [9.17, 15) is 14.4 Å². The average molecular weight is 279 g/mol. The van der Waals surface area contributed by atoms with Gasteiger partial charge in [-0.1, -0.05) is 6.07 Å². The van der Waals surface area contributed by atoms with Crippen molar-refractivity contribution in [2.45, 2.75) is 32.2 Å². The Hall–Kier alpha value is -2.44. The summed E-state index contributed by atoms with van der Waals surface area (Å²) in [7, 11) is 0. The lowest BCUT2D eigenvalue weighted by atomic mass is 10.2. The van der Waals surface area contributed by atoms with Crippen LogP contribution in [0.25, 0.3) is 0 Å². The van der Waals surface area contributed by atoms with Crippen molar-refractivity contribution in [2.24, 2.45) is 0 Å². The van der Waals surface area contributed by atoms with Gasteiger partial charge in [-0.3, -0.25) is 19.9 Å². The molecule has 0 bridgehead atoms. The van der Waals surface area contributed by atoms with Crippen LogP contribution in [0.1, 0.15) is 31.2 Å². The molecule has 7 heteroatoms. The second-order valence-corrected chi connectivity index (χ2v) is 4.19. The molecule has 0 aliphatic heterocycles. The van der Waals surface area contributed by atoms with Gasteiger partial charge in [0.2, 0.25) is 5.91 Å². The predicted molar refractivity (Wildman–Crippen MR) is 70.7 cm³/mol. The minimum atomic E-state index is -0.889. The lowest BCUT2D eigenvalue weighted by Crippen LogP contribution is -2.38. The Balaban J connectivity index is 2.15. The number of imide groups is 1. The van der Waals surface area contributed by atoms with Gasteiger partial charge in [-0.2, -0.15) is 0 Å². The van der Waals surface area contributed by atoms with Gasteiger partial charge < -0.3 is 10.4 Å². The number of nitrogens with zero attached hydrogens (tertiary/aromatic N) is 1. The highest BCUT2D eigenvalue weighted by Gasteiger charge is 2.07. The van der Waals surface area contributed by atoms with Crippen LogP contribution in [0.3, 0.4) is 0 Å². The van der Waals surface area contributed by atoms with Crippen LogP contribution in [-0.4, -0.2) is 28.0 Å². The van der Waals surface area contributed by atoms with E-state index in [0.717, 1.165) is 5.56 Å². The highest BCUT2D eigenvalue weighted by molar-refractivity contribution is 5.94. The molecule has 1 aromatic rings. The normalized spacial score (nSPS) is 9.80. The van der Waals surface area contributed by atoms with E-state index < -0.39 is 17.9 Å². The molecule has 0 radical (unpaired) electrons. The zero-order valence-corrected chi connectivity index (χ0v) is 11.0. The number of pyridine rings is 1. The fourth-order valence-electron chi connectivity index (χ4n) is 1.48. The molecule has 0 aliphatic carbocycles. The number of carboxylic acids is 1. The molecule has 0 aliphatic rings. The lowest BCUT2D eigenvalue weighted by Gasteiger charge is -2.06. The van der Waals surface area contributed by atoms with Crippen molar-refractivity contribution in [3.8, 4) is 0 Å². The first kappa shape index (κ1) is 15.6. The van der Waals surface area contributed by atoms with Gasteiger partial charge in [-0.25, -0.2) is 4.79 Å². The maximum atomic E-state index is 11.4. The zero-order chi connectivity index (χ0) is 14.8.